The molecule has 0 radical (unpaired) electrons. The van der Waals surface area contributed by atoms with E-state index in [0.717, 1.165) is 12.8 Å². The molecule has 1 unspecified atom stereocenters. The molecule has 2 rings (SSSR count). The number of hydrogen-bond donors (Lipinski definition) is 1. The minimum absolute atomic E-state index is 0.0974. The molecule has 0 amide bonds. The fourth-order valence-corrected chi connectivity index (χ4v) is 1.05. The van der Waals surface area contributed by atoms with Crippen molar-refractivity contribution in [1.82, 2.24) is 10.1 Å². The molecule has 1 heterocycles. The van der Waals surface area contributed by atoms with Crippen molar-refractivity contribution in [3.63, 3.8) is 0 Å². The first-order valence-electron chi connectivity index (χ1n) is 4.14. The van der Waals surface area contributed by atoms with Crippen LogP contribution in [0.3, 0.4) is 0 Å². The molecular formula is C8H12N2O2. The number of rotatable bonds is 2. The van der Waals surface area contributed by atoms with Crippen LogP contribution in [0.2, 0.25) is 0 Å². The van der Waals surface area contributed by atoms with Crippen LogP contribution in [0.4, 0.5) is 0 Å². The van der Waals surface area contributed by atoms with Gasteiger partial charge in [0.05, 0.1) is 0 Å². The van der Waals surface area contributed by atoms with Crippen LogP contribution < -0.4 is 0 Å². The molecule has 4 nitrogen and oxygen atoms in total. The predicted molar refractivity (Wildman–Crippen MR) is 41.5 cm³/mol. The van der Waals surface area contributed by atoms with Crippen molar-refractivity contribution < 1.29 is 9.63 Å². The highest BCUT2D eigenvalue weighted by atomic mass is 16.5. The van der Waals surface area contributed by atoms with E-state index in [1.54, 1.807) is 6.92 Å². The zero-order chi connectivity index (χ0) is 8.77. The molecule has 0 aliphatic heterocycles. The Morgan fingerprint density at radius 3 is 2.67 bits per heavy atom. The Hall–Kier alpha value is -0.900. The SMILES string of the molecule is CC(O)c1noc(C2(C)CC2)n1. The third kappa shape index (κ3) is 1.12. The monoisotopic (exact) mass is 168 g/mol. The third-order valence-electron chi connectivity index (χ3n) is 2.33. The van der Waals surface area contributed by atoms with Gasteiger partial charge in [0.15, 0.2) is 5.82 Å². The maximum Gasteiger partial charge on any atom is 0.232 e. The molecule has 1 aromatic rings. The maximum absolute atomic E-state index is 9.14. The van der Waals surface area contributed by atoms with Gasteiger partial charge in [-0.3, -0.25) is 0 Å². The van der Waals surface area contributed by atoms with Crippen molar-refractivity contribution in [1.29, 1.82) is 0 Å². The first-order valence-corrected chi connectivity index (χ1v) is 4.14. The molecule has 0 saturated heterocycles. The number of aromatic nitrogens is 2. The standard InChI is InChI=1S/C8H12N2O2/c1-5(11)6-9-7(12-10-6)8(2)3-4-8/h5,11H,3-4H2,1-2H3. The van der Waals surface area contributed by atoms with Gasteiger partial charge in [-0.15, -0.1) is 0 Å². The quantitative estimate of drug-likeness (QED) is 0.720. The van der Waals surface area contributed by atoms with E-state index in [4.69, 9.17) is 9.63 Å². The summed E-state index contributed by atoms with van der Waals surface area (Å²) in [6.07, 6.45) is 1.58. The zero-order valence-electron chi connectivity index (χ0n) is 7.24. The third-order valence-corrected chi connectivity index (χ3v) is 2.33. The molecular weight excluding hydrogens is 156 g/mol. The van der Waals surface area contributed by atoms with Gasteiger partial charge in [0, 0.05) is 5.41 Å². The van der Waals surface area contributed by atoms with Gasteiger partial charge in [-0.25, -0.2) is 0 Å². The summed E-state index contributed by atoms with van der Waals surface area (Å²) in [5, 5.41) is 12.8. The largest absolute Gasteiger partial charge is 0.385 e. The van der Waals surface area contributed by atoms with Crippen LogP contribution in [0.1, 0.15) is 44.5 Å². The van der Waals surface area contributed by atoms with Gasteiger partial charge in [-0.1, -0.05) is 12.1 Å². The molecule has 1 aromatic heterocycles. The Labute approximate surface area is 70.6 Å². The van der Waals surface area contributed by atoms with E-state index in [9.17, 15) is 0 Å². The van der Waals surface area contributed by atoms with Crippen LogP contribution in [0.25, 0.3) is 0 Å². The van der Waals surface area contributed by atoms with Crippen LogP contribution in [-0.2, 0) is 5.41 Å². The lowest BCUT2D eigenvalue weighted by molar-refractivity contribution is 0.184. The smallest absolute Gasteiger partial charge is 0.232 e. The van der Waals surface area contributed by atoms with Gasteiger partial charge in [-0.2, -0.15) is 4.98 Å². The summed E-state index contributed by atoms with van der Waals surface area (Å²) in [7, 11) is 0. The minimum atomic E-state index is -0.634. The number of aliphatic hydroxyl groups excluding tert-OH is 1. The molecule has 1 aliphatic rings. The van der Waals surface area contributed by atoms with E-state index in [2.05, 4.69) is 17.1 Å². The van der Waals surface area contributed by atoms with E-state index < -0.39 is 6.10 Å². The van der Waals surface area contributed by atoms with Gasteiger partial charge in [0.1, 0.15) is 6.10 Å². The topological polar surface area (TPSA) is 59.2 Å². The highest BCUT2D eigenvalue weighted by Crippen LogP contribution is 2.46. The van der Waals surface area contributed by atoms with E-state index in [1.165, 1.54) is 0 Å². The number of aliphatic hydroxyl groups is 1. The molecule has 0 bridgehead atoms. The fraction of sp³-hybridized carbons (Fsp3) is 0.750. The minimum Gasteiger partial charge on any atom is -0.385 e. The Balaban J connectivity index is 2.25. The van der Waals surface area contributed by atoms with Crippen molar-refractivity contribution in [2.24, 2.45) is 0 Å². The lowest BCUT2D eigenvalue weighted by Crippen LogP contribution is -2.01. The average Bonchev–Trinajstić information content (AvgIpc) is 2.61. The second-order valence-electron chi connectivity index (χ2n) is 3.69. The van der Waals surface area contributed by atoms with Crippen LogP contribution in [-0.4, -0.2) is 15.2 Å². The molecule has 1 N–H and O–H groups in total. The lowest BCUT2D eigenvalue weighted by Gasteiger charge is -1.97. The summed E-state index contributed by atoms with van der Waals surface area (Å²) in [6, 6.07) is 0. The highest BCUT2D eigenvalue weighted by Gasteiger charge is 2.44. The van der Waals surface area contributed by atoms with Crippen LogP contribution in [0, 0.1) is 0 Å². The van der Waals surface area contributed by atoms with Crippen molar-refractivity contribution >= 4 is 0 Å². The Morgan fingerprint density at radius 2 is 2.25 bits per heavy atom. The molecule has 0 spiro atoms. The summed E-state index contributed by atoms with van der Waals surface area (Å²) in [5.74, 6) is 1.05. The molecule has 12 heavy (non-hydrogen) atoms. The molecule has 0 aromatic carbocycles. The lowest BCUT2D eigenvalue weighted by atomic mass is 10.1. The normalized spacial score (nSPS) is 22.2. The van der Waals surface area contributed by atoms with Gasteiger partial charge < -0.3 is 9.63 Å². The van der Waals surface area contributed by atoms with Crippen LogP contribution >= 0.6 is 0 Å². The maximum atomic E-state index is 9.14. The number of hydrogen-bond acceptors (Lipinski definition) is 4. The average molecular weight is 168 g/mol. The van der Waals surface area contributed by atoms with E-state index in [-0.39, 0.29) is 5.41 Å². The fourth-order valence-electron chi connectivity index (χ4n) is 1.05. The van der Waals surface area contributed by atoms with Crippen molar-refractivity contribution in [2.75, 3.05) is 0 Å². The van der Waals surface area contributed by atoms with Gasteiger partial charge in [0.25, 0.3) is 0 Å². The van der Waals surface area contributed by atoms with Crippen LogP contribution in [0.5, 0.6) is 0 Å². The zero-order valence-corrected chi connectivity index (χ0v) is 7.24. The summed E-state index contributed by atoms with van der Waals surface area (Å²) < 4.78 is 5.03. The molecule has 1 saturated carbocycles. The van der Waals surface area contributed by atoms with E-state index in [0.29, 0.717) is 11.7 Å². The molecule has 66 valence electrons. The van der Waals surface area contributed by atoms with E-state index in [1.807, 2.05) is 0 Å². The second-order valence-corrected chi connectivity index (χ2v) is 3.69. The highest BCUT2D eigenvalue weighted by molar-refractivity contribution is 5.12. The van der Waals surface area contributed by atoms with Crippen LogP contribution in [0.15, 0.2) is 4.52 Å². The number of nitrogens with zero attached hydrogens (tertiary/aromatic N) is 2. The molecule has 1 fully saturated rings. The molecule has 4 heteroatoms. The van der Waals surface area contributed by atoms with Gasteiger partial charge >= 0.3 is 0 Å². The van der Waals surface area contributed by atoms with Crippen molar-refractivity contribution in [3.8, 4) is 0 Å². The van der Waals surface area contributed by atoms with Gasteiger partial charge in [0.2, 0.25) is 5.89 Å². The first-order chi connectivity index (χ1) is 5.62. The van der Waals surface area contributed by atoms with E-state index >= 15 is 0 Å². The first kappa shape index (κ1) is 7.73. The molecule has 1 aliphatic carbocycles. The summed E-state index contributed by atoms with van der Waals surface area (Å²) in [5.41, 5.74) is 0.0974. The summed E-state index contributed by atoms with van der Waals surface area (Å²) in [4.78, 5) is 4.12. The molecule has 1 atom stereocenters. The van der Waals surface area contributed by atoms with Gasteiger partial charge in [-0.05, 0) is 19.8 Å². The summed E-state index contributed by atoms with van der Waals surface area (Å²) in [6.45, 7) is 3.72. The predicted octanol–water partition coefficient (Wildman–Crippen LogP) is 1.17. The van der Waals surface area contributed by atoms with Crippen molar-refractivity contribution in [3.05, 3.63) is 11.7 Å². The second kappa shape index (κ2) is 2.29. The Kier molecular flexibility index (Phi) is 1.48. The van der Waals surface area contributed by atoms with Crippen molar-refractivity contribution in [2.45, 2.75) is 38.2 Å². The summed E-state index contributed by atoms with van der Waals surface area (Å²) >= 11 is 0. The Bertz CT molecular complexity index is 289. The Morgan fingerprint density at radius 1 is 1.58 bits per heavy atom.